The number of carbonyl (C=O) groups excluding carboxylic acids is 1. The van der Waals surface area contributed by atoms with Crippen molar-refractivity contribution in [3.05, 3.63) is 95.0 Å². The SMILES string of the molecule is Cc1ccc(N(Cc2ccccc2)C(=O)CSc2nnc(-c3ccc(Cl)cc3)o2)cc1. The maximum Gasteiger partial charge on any atom is 0.277 e. The zero-order chi connectivity index (χ0) is 21.6. The normalized spacial score (nSPS) is 10.8. The zero-order valence-electron chi connectivity index (χ0n) is 16.9. The van der Waals surface area contributed by atoms with Crippen molar-refractivity contribution in [1.29, 1.82) is 0 Å². The summed E-state index contributed by atoms with van der Waals surface area (Å²) in [5.74, 6) is 0.540. The van der Waals surface area contributed by atoms with E-state index in [1.54, 1.807) is 17.0 Å². The predicted molar refractivity (Wildman–Crippen MR) is 124 cm³/mol. The summed E-state index contributed by atoms with van der Waals surface area (Å²) in [5, 5.41) is 9.11. The van der Waals surface area contributed by atoms with Gasteiger partial charge in [-0.25, -0.2) is 0 Å². The molecular formula is C24H20ClN3O2S. The topological polar surface area (TPSA) is 59.2 Å². The Kier molecular flexibility index (Phi) is 6.70. The molecule has 1 aromatic heterocycles. The lowest BCUT2D eigenvalue weighted by Gasteiger charge is -2.23. The minimum absolute atomic E-state index is 0.0380. The maximum atomic E-state index is 13.1. The standard InChI is InChI=1S/C24H20ClN3O2S/c1-17-7-13-21(14-8-17)28(15-18-5-3-2-4-6-18)22(29)16-31-24-27-26-23(30-24)19-9-11-20(25)12-10-19/h2-14H,15-16H2,1H3. The number of hydrogen-bond acceptors (Lipinski definition) is 5. The smallest absolute Gasteiger partial charge is 0.277 e. The molecule has 0 unspecified atom stereocenters. The first-order chi connectivity index (χ1) is 15.1. The number of halogens is 1. The van der Waals surface area contributed by atoms with Crippen LogP contribution in [-0.4, -0.2) is 21.9 Å². The van der Waals surface area contributed by atoms with Crippen molar-refractivity contribution in [1.82, 2.24) is 10.2 Å². The number of benzene rings is 3. The van der Waals surface area contributed by atoms with Gasteiger partial charge in [0.15, 0.2) is 0 Å². The van der Waals surface area contributed by atoms with E-state index in [4.69, 9.17) is 16.0 Å². The van der Waals surface area contributed by atoms with Crippen molar-refractivity contribution in [2.45, 2.75) is 18.7 Å². The molecule has 3 aromatic carbocycles. The van der Waals surface area contributed by atoms with Crippen LogP contribution in [0.2, 0.25) is 5.02 Å². The molecule has 0 aliphatic rings. The highest BCUT2D eigenvalue weighted by molar-refractivity contribution is 7.99. The quantitative estimate of drug-likeness (QED) is 0.323. The van der Waals surface area contributed by atoms with E-state index in [2.05, 4.69) is 10.2 Å². The average molecular weight is 450 g/mol. The van der Waals surface area contributed by atoms with Crippen LogP contribution in [0.5, 0.6) is 0 Å². The zero-order valence-corrected chi connectivity index (χ0v) is 18.4. The minimum Gasteiger partial charge on any atom is -0.411 e. The van der Waals surface area contributed by atoms with Gasteiger partial charge < -0.3 is 9.32 Å². The number of aromatic nitrogens is 2. The predicted octanol–water partition coefficient (Wildman–Crippen LogP) is 6.02. The Morgan fingerprint density at radius 1 is 0.968 bits per heavy atom. The van der Waals surface area contributed by atoms with Gasteiger partial charge >= 0.3 is 0 Å². The molecule has 0 saturated heterocycles. The first-order valence-electron chi connectivity index (χ1n) is 9.72. The molecule has 1 heterocycles. The molecule has 156 valence electrons. The fourth-order valence-electron chi connectivity index (χ4n) is 2.99. The van der Waals surface area contributed by atoms with Crippen molar-refractivity contribution < 1.29 is 9.21 Å². The van der Waals surface area contributed by atoms with E-state index in [-0.39, 0.29) is 11.7 Å². The van der Waals surface area contributed by atoms with Crippen LogP contribution >= 0.6 is 23.4 Å². The molecule has 1 amide bonds. The van der Waals surface area contributed by atoms with Crippen LogP contribution in [0.15, 0.2) is 88.5 Å². The van der Waals surface area contributed by atoms with Crippen LogP contribution in [0.4, 0.5) is 5.69 Å². The second-order valence-corrected chi connectivity index (χ2v) is 8.33. The van der Waals surface area contributed by atoms with E-state index in [1.807, 2.05) is 73.7 Å². The third kappa shape index (κ3) is 5.54. The highest BCUT2D eigenvalue weighted by Crippen LogP contribution is 2.26. The molecule has 5 nitrogen and oxygen atoms in total. The highest BCUT2D eigenvalue weighted by Gasteiger charge is 2.18. The maximum absolute atomic E-state index is 13.1. The van der Waals surface area contributed by atoms with Crippen LogP contribution in [0.1, 0.15) is 11.1 Å². The summed E-state index contributed by atoms with van der Waals surface area (Å²) in [5.41, 5.74) is 3.84. The fraction of sp³-hybridized carbons (Fsp3) is 0.125. The molecule has 0 N–H and O–H groups in total. The van der Waals surface area contributed by atoms with E-state index >= 15 is 0 Å². The minimum atomic E-state index is -0.0380. The molecular weight excluding hydrogens is 430 g/mol. The molecule has 4 rings (SSSR count). The van der Waals surface area contributed by atoms with Gasteiger partial charge in [-0.1, -0.05) is 71.4 Å². The highest BCUT2D eigenvalue weighted by atomic mass is 35.5. The van der Waals surface area contributed by atoms with Gasteiger partial charge in [0.25, 0.3) is 5.22 Å². The molecule has 4 aromatic rings. The number of hydrogen-bond donors (Lipinski definition) is 0. The van der Waals surface area contributed by atoms with Crippen LogP contribution < -0.4 is 4.90 Å². The Balaban J connectivity index is 1.47. The first-order valence-corrected chi connectivity index (χ1v) is 11.1. The van der Waals surface area contributed by atoms with Crippen LogP contribution in [-0.2, 0) is 11.3 Å². The van der Waals surface area contributed by atoms with E-state index in [9.17, 15) is 4.79 Å². The number of thioether (sulfide) groups is 1. The molecule has 31 heavy (non-hydrogen) atoms. The molecule has 0 saturated carbocycles. The molecule has 0 spiro atoms. The van der Waals surface area contributed by atoms with Gasteiger partial charge in [0.2, 0.25) is 11.8 Å². The van der Waals surface area contributed by atoms with E-state index in [0.29, 0.717) is 22.7 Å². The summed E-state index contributed by atoms with van der Waals surface area (Å²) in [7, 11) is 0. The van der Waals surface area contributed by atoms with Crippen molar-refractivity contribution in [2.24, 2.45) is 0 Å². The van der Waals surface area contributed by atoms with Crippen molar-refractivity contribution >= 4 is 35.0 Å². The summed E-state index contributed by atoms with van der Waals surface area (Å²) in [6.07, 6.45) is 0. The van der Waals surface area contributed by atoms with Gasteiger partial charge in [-0.05, 0) is 48.9 Å². The second kappa shape index (κ2) is 9.81. The summed E-state index contributed by atoms with van der Waals surface area (Å²) in [6, 6.07) is 25.0. The largest absolute Gasteiger partial charge is 0.411 e. The summed E-state index contributed by atoms with van der Waals surface area (Å²) >= 11 is 7.15. The monoisotopic (exact) mass is 449 g/mol. The van der Waals surface area contributed by atoms with Crippen LogP contribution in [0, 0.1) is 6.92 Å². The Morgan fingerprint density at radius 3 is 2.39 bits per heavy atom. The van der Waals surface area contributed by atoms with Gasteiger partial charge in [-0.15, -0.1) is 10.2 Å². The third-order valence-corrected chi connectivity index (χ3v) is 5.70. The fourth-order valence-corrected chi connectivity index (χ4v) is 3.76. The summed E-state index contributed by atoms with van der Waals surface area (Å²) in [4.78, 5) is 14.9. The van der Waals surface area contributed by atoms with Crippen molar-refractivity contribution in [3.63, 3.8) is 0 Å². The van der Waals surface area contributed by atoms with Crippen molar-refractivity contribution in [2.75, 3.05) is 10.7 Å². The number of aryl methyl sites for hydroxylation is 1. The lowest BCUT2D eigenvalue weighted by atomic mass is 10.1. The number of amides is 1. The number of nitrogens with zero attached hydrogens (tertiary/aromatic N) is 3. The molecule has 0 radical (unpaired) electrons. The van der Waals surface area contributed by atoms with Gasteiger partial charge in [0.05, 0.1) is 12.3 Å². The van der Waals surface area contributed by atoms with Gasteiger partial charge in [0.1, 0.15) is 0 Å². The summed E-state index contributed by atoms with van der Waals surface area (Å²) in [6.45, 7) is 2.51. The van der Waals surface area contributed by atoms with E-state index in [1.165, 1.54) is 11.8 Å². The van der Waals surface area contributed by atoms with Crippen LogP contribution in [0.25, 0.3) is 11.5 Å². The third-order valence-electron chi connectivity index (χ3n) is 4.65. The van der Waals surface area contributed by atoms with Gasteiger partial charge in [-0.2, -0.15) is 0 Å². The van der Waals surface area contributed by atoms with Gasteiger partial charge in [0, 0.05) is 16.3 Å². The summed E-state index contributed by atoms with van der Waals surface area (Å²) < 4.78 is 5.71. The first kappa shape index (κ1) is 21.2. The Hall–Kier alpha value is -3.09. The second-order valence-electron chi connectivity index (χ2n) is 6.97. The van der Waals surface area contributed by atoms with Gasteiger partial charge in [-0.3, -0.25) is 4.79 Å². The molecule has 0 bridgehead atoms. The number of carbonyl (C=O) groups is 1. The van der Waals surface area contributed by atoms with Crippen LogP contribution in [0.3, 0.4) is 0 Å². The van der Waals surface area contributed by atoms with E-state index in [0.717, 1.165) is 22.4 Å². The lowest BCUT2D eigenvalue weighted by molar-refractivity contribution is -0.116. The van der Waals surface area contributed by atoms with E-state index < -0.39 is 0 Å². The molecule has 7 heteroatoms. The molecule has 0 aliphatic carbocycles. The Labute approximate surface area is 190 Å². The molecule has 0 atom stereocenters. The lowest BCUT2D eigenvalue weighted by Crippen LogP contribution is -2.31. The van der Waals surface area contributed by atoms with Crippen molar-refractivity contribution in [3.8, 4) is 11.5 Å². The Morgan fingerprint density at radius 2 is 1.68 bits per heavy atom. The molecule has 0 aliphatic heterocycles. The average Bonchev–Trinajstić information content (AvgIpc) is 3.27. The molecule has 0 fully saturated rings. The number of rotatable bonds is 7. The number of anilines is 1. The Bertz CT molecular complexity index is 1150.